The second kappa shape index (κ2) is 7.19. The summed E-state index contributed by atoms with van der Waals surface area (Å²) >= 11 is 0. The first-order valence-electron chi connectivity index (χ1n) is 8.74. The summed E-state index contributed by atoms with van der Waals surface area (Å²) in [6.07, 6.45) is 1.98. The minimum Gasteiger partial charge on any atom is -0.363 e. The van der Waals surface area contributed by atoms with E-state index in [1.54, 1.807) is 28.9 Å². The number of nitrogens with zero attached hydrogens (tertiary/aromatic N) is 3. The second-order valence-electron chi connectivity index (χ2n) is 6.65. The Morgan fingerprint density at radius 2 is 1.37 bits per heavy atom. The molecule has 0 saturated carbocycles. The first-order chi connectivity index (χ1) is 13.1. The molecule has 1 aromatic heterocycles. The first kappa shape index (κ1) is 17.2. The van der Waals surface area contributed by atoms with Crippen LogP contribution in [0.3, 0.4) is 0 Å². The number of aryl methyl sites for hydroxylation is 1. The molecule has 0 saturated heterocycles. The zero-order valence-electron chi connectivity index (χ0n) is 14.9. The van der Waals surface area contributed by atoms with Gasteiger partial charge in [0, 0.05) is 37.4 Å². The average molecular weight is 363 g/mol. The quantitative estimate of drug-likeness (QED) is 0.494. The van der Waals surface area contributed by atoms with Gasteiger partial charge < -0.3 is 4.90 Å². The van der Waals surface area contributed by atoms with Crippen LogP contribution in [0.5, 0.6) is 0 Å². The lowest BCUT2D eigenvalue weighted by molar-refractivity contribution is 0.626. The number of hydrogen-bond donors (Lipinski definition) is 0. The van der Waals surface area contributed by atoms with E-state index < -0.39 is 0 Å². The van der Waals surface area contributed by atoms with Gasteiger partial charge in [-0.1, -0.05) is 24.3 Å². The van der Waals surface area contributed by atoms with Crippen molar-refractivity contribution in [3.8, 4) is 0 Å². The van der Waals surface area contributed by atoms with Crippen molar-refractivity contribution in [1.82, 2.24) is 9.78 Å². The van der Waals surface area contributed by atoms with Crippen molar-refractivity contribution in [3.63, 3.8) is 0 Å². The van der Waals surface area contributed by atoms with Crippen LogP contribution in [-0.4, -0.2) is 9.78 Å². The molecular formula is C22H19F2N3. The topological polar surface area (TPSA) is 21.1 Å². The smallest absolute Gasteiger partial charge is 0.123 e. The molecule has 5 heteroatoms. The zero-order chi connectivity index (χ0) is 18.8. The molecule has 4 rings (SSSR count). The number of halogens is 2. The van der Waals surface area contributed by atoms with Gasteiger partial charge in [0.05, 0.1) is 5.52 Å². The van der Waals surface area contributed by atoms with Gasteiger partial charge in [0.25, 0.3) is 0 Å². The fraction of sp³-hybridized carbons (Fsp3) is 0.136. The normalized spacial score (nSPS) is 11.1. The van der Waals surface area contributed by atoms with Crippen LogP contribution in [0.15, 0.2) is 72.9 Å². The molecular weight excluding hydrogens is 344 g/mol. The van der Waals surface area contributed by atoms with E-state index in [1.807, 2.05) is 25.4 Å². The Labute approximate surface area is 156 Å². The van der Waals surface area contributed by atoms with Gasteiger partial charge in [-0.25, -0.2) is 8.78 Å². The number of aromatic nitrogens is 2. The van der Waals surface area contributed by atoms with Crippen LogP contribution in [0, 0.1) is 11.6 Å². The van der Waals surface area contributed by atoms with Crippen molar-refractivity contribution in [3.05, 3.63) is 95.7 Å². The van der Waals surface area contributed by atoms with Crippen molar-refractivity contribution in [2.24, 2.45) is 7.05 Å². The van der Waals surface area contributed by atoms with E-state index in [-0.39, 0.29) is 11.6 Å². The fourth-order valence-electron chi connectivity index (χ4n) is 3.19. The molecule has 0 aliphatic rings. The summed E-state index contributed by atoms with van der Waals surface area (Å²) in [5, 5.41) is 5.47. The molecule has 0 fully saturated rings. The summed E-state index contributed by atoms with van der Waals surface area (Å²) in [5.41, 5.74) is 3.98. The molecule has 0 bridgehead atoms. The minimum atomic E-state index is -0.249. The molecule has 0 radical (unpaired) electrons. The lowest BCUT2D eigenvalue weighted by Crippen LogP contribution is -2.22. The van der Waals surface area contributed by atoms with E-state index >= 15 is 0 Å². The van der Waals surface area contributed by atoms with Crippen molar-refractivity contribution in [1.29, 1.82) is 0 Å². The molecule has 0 atom stereocenters. The molecule has 27 heavy (non-hydrogen) atoms. The van der Waals surface area contributed by atoms with E-state index in [4.69, 9.17) is 0 Å². The summed E-state index contributed by atoms with van der Waals surface area (Å²) in [6, 6.07) is 19.1. The largest absolute Gasteiger partial charge is 0.363 e. The summed E-state index contributed by atoms with van der Waals surface area (Å²) in [6.45, 7) is 1.23. The van der Waals surface area contributed by atoms with Crippen molar-refractivity contribution < 1.29 is 8.78 Å². The maximum absolute atomic E-state index is 13.3. The maximum atomic E-state index is 13.3. The molecule has 1 heterocycles. The third-order valence-corrected chi connectivity index (χ3v) is 4.54. The number of hydrogen-bond acceptors (Lipinski definition) is 2. The third-order valence-electron chi connectivity index (χ3n) is 4.54. The Bertz CT molecular complexity index is 1010. The van der Waals surface area contributed by atoms with E-state index in [0.29, 0.717) is 13.1 Å². The van der Waals surface area contributed by atoms with Gasteiger partial charge in [0.1, 0.15) is 11.6 Å². The standard InChI is InChI=1S/C22H19F2N3/c1-26-15-18-12-21(10-11-22(18)25-26)27(13-16-2-6-19(23)7-3-16)14-17-4-8-20(24)9-5-17/h2-12,15H,13-14H2,1H3. The van der Waals surface area contributed by atoms with Crippen molar-refractivity contribution >= 4 is 16.6 Å². The van der Waals surface area contributed by atoms with Gasteiger partial charge in [-0.05, 0) is 53.6 Å². The summed E-state index contributed by atoms with van der Waals surface area (Å²) in [5.74, 6) is -0.499. The van der Waals surface area contributed by atoms with Crippen LogP contribution in [0.25, 0.3) is 10.9 Å². The Morgan fingerprint density at radius 3 is 1.93 bits per heavy atom. The first-order valence-corrected chi connectivity index (χ1v) is 8.74. The van der Waals surface area contributed by atoms with Crippen LogP contribution in [0.2, 0.25) is 0 Å². The Morgan fingerprint density at radius 1 is 0.815 bits per heavy atom. The highest BCUT2D eigenvalue weighted by Crippen LogP contribution is 2.25. The van der Waals surface area contributed by atoms with Gasteiger partial charge in [-0.3, -0.25) is 4.68 Å². The second-order valence-corrected chi connectivity index (χ2v) is 6.65. The van der Waals surface area contributed by atoms with Crippen molar-refractivity contribution in [2.45, 2.75) is 13.1 Å². The maximum Gasteiger partial charge on any atom is 0.123 e. The van der Waals surface area contributed by atoms with Gasteiger partial charge in [-0.15, -0.1) is 0 Å². The highest BCUT2D eigenvalue weighted by atomic mass is 19.1. The lowest BCUT2D eigenvalue weighted by Gasteiger charge is -2.25. The molecule has 4 aromatic rings. The molecule has 136 valence electrons. The van der Waals surface area contributed by atoms with Gasteiger partial charge in [-0.2, -0.15) is 5.10 Å². The molecule has 0 aliphatic heterocycles. The van der Waals surface area contributed by atoms with Crippen LogP contribution in [0.4, 0.5) is 14.5 Å². The van der Waals surface area contributed by atoms with Crippen LogP contribution in [0.1, 0.15) is 11.1 Å². The molecule has 3 aromatic carbocycles. The number of anilines is 1. The third kappa shape index (κ3) is 3.97. The Hall–Kier alpha value is -3.21. The lowest BCUT2D eigenvalue weighted by atomic mass is 10.1. The highest BCUT2D eigenvalue weighted by Gasteiger charge is 2.11. The molecule has 0 amide bonds. The summed E-state index contributed by atoms with van der Waals surface area (Å²) in [4.78, 5) is 2.19. The average Bonchev–Trinajstić information content (AvgIpc) is 3.04. The van der Waals surface area contributed by atoms with E-state index in [1.165, 1.54) is 24.3 Å². The van der Waals surface area contributed by atoms with Crippen LogP contribution < -0.4 is 4.90 Å². The van der Waals surface area contributed by atoms with Crippen LogP contribution >= 0.6 is 0 Å². The van der Waals surface area contributed by atoms with Crippen LogP contribution in [-0.2, 0) is 20.1 Å². The zero-order valence-corrected chi connectivity index (χ0v) is 14.9. The molecule has 0 unspecified atom stereocenters. The number of rotatable bonds is 5. The predicted molar refractivity (Wildman–Crippen MR) is 103 cm³/mol. The molecule has 0 spiro atoms. The number of fused-ring (bicyclic) bond motifs is 1. The summed E-state index contributed by atoms with van der Waals surface area (Å²) in [7, 11) is 1.90. The summed E-state index contributed by atoms with van der Waals surface area (Å²) < 4.78 is 28.3. The predicted octanol–water partition coefficient (Wildman–Crippen LogP) is 5.06. The van der Waals surface area contributed by atoms with Gasteiger partial charge >= 0.3 is 0 Å². The Balaban J connectivity index is 1.68. The number of benzene rings is 3. The SMILES string of the molecule is Cn1cc2cc(N(Cc3ccc(F)cc3)Cc3ccc(F)cc3)ccc2n1. The molecule has 0 aliphatic carbocycles. The van der Waals surface area contributed by atoms with E-state index in [9.17, 15) is 8.78 Å². The minimum absolute atomic E-state index is 0.249. The van der Waals surface area contributed by atoms with Gasteiger partial charge in [0.15, 0.2) is 0 Å². The monoisotopic (exact) mass is 363 g/mol. The van der Waals surface area contributed by atoms with Crippen molar-refractivity contribution in [2.75, 3.05) is 4.90 Å². The fourth-order valence-corrected chi connectivity index (χ4v) is 3.19. The van der Waals surface area contributed by atoms with E-state index in [0.717, 1.165) is 27.7 Å². The molecule has 0 N–H and O–H groups in total. The van der Waals surface area contributed by atoms with E-state index in [2.05, 4.69) is 16.1 Å². The van der Waals surface area contributed by atoms with Gasteiger partial charge in [0.2, 0.25) is 0 Å². The Kier molecular flexibility index (Phi) is 4.59. The molecule has 3 nitrogen and oxygen atoms in total. The highest BCUT2D eigenvalue weighted by molar-refractivity contribution is 5.82.